The lowest BCUT2D eigenvalue weighted by Gasteiger charge is -2.40. The molecule has 0 bridgehead atoms. The Morgan fingerprint density at radius 3 is 2.30 bits per heavy atom. The van der Waals surface area contributed by atoms with Crippen molar-refractivity contribution in [2.75, 3.05) is 13.1 Å². The van der Waals surface area contributed by atoms with Gasteiger partial charge in [-0.1, -0.05) is 53.4 Å². The molecule has 4 nitrogen and oxygen atoms in total. The fourth-order valence-electron chi connectivity index (χ4n) is 3.46. The molecule has 1 rings (SSSR count). The molecule has 0 aromatic heterocycles. The van der Waals surface area contributed by atoms with Gasteiger partial charge in [-0.15, -0.1) is 0 Å². The van der Waals surface area contributed by atoms with E-state index in [1.165, 1.54) is 19.3 Å². The van der Waals surface area contributed by atoms with Crippen molar-refractivity contribution >= 4 is 14.2 Å². The van der Waals surface area contributed by atoms with Gasteiger partial charge < -0.3 is 14.4 Å². The lowest BCUT2D eigenvalue weighted by Crippen LogP contribution is -2.45. The summed E-state index contributed by atoms with van der Waals surface area (Å²) in [6.07, 6.45) is 9.42. The number of unbranched alkanes of at least 4 members (excludes halogenated alkanes) is 3. The summed E-state index contributed by atoms with van der Waals surface area (Å²) < 4.78 is 6.62. The average molecular weight is 400 g/mol. The van der Waals surface area contributed by atoms with Crippen LogP contribution in [0.5, 0.6) is 0 Å². The number of nitrogens with zero attached hydrogens (tertiary/aromatic N) is 1. The predicted octanol–water partition coefficient (Wildman–Crippen LogP) is 5.50. The second-order valence-corrected chi connectivity index (χ2v) is 14.6. The minimum absolute atomic E-state index is 0.0152. The van der Waals surface area contributed by atoms with E-state index >= 15 is 0 Å². The quantitative estimate of drug-likeness (QED) is 0.348. The van der Waals surface area contributed by atoms with Crippen molar-refractivity contribution < 1.29 is 14.3 Å². The van der Waals surface area contributed by atoms with Crippen LogP contribution in [0, 0.1) is 0 Å². The van der Waals surface area contributed by atoms with Crippen LogP contribution in [0.4, 0.5) is 0 Å². The van der Waals surface area contributed by atoms with Gasteiger partial charge in [0, 0.05) is 25.6 Å². The maximum atomic E-state index is 12.5. The Labute approximate surface area is 169 Å². The number of aliphatic hydroxyl groups is 1. The highest BCUT2D eigenvalue weighted by Crippen LogP contribution is 2.38. The molecule has 0 aliphatic carbocycles. The van der Waals surface area contributed by atoms with Crippen molar-refractivity contribution in [3.8, 4) is 0 Å². The molecule has 1 aliphatic rings. The summed E-state index contributed by atoms with van der Waals surface area (Å²) in [7, 11) is -1.92. The Balaban J connectivity index is 2.60. The molecule has 0 spiro atoms. The summed E-state index contributed by atoms with van der Waals surface area (Å²) in [5, 5.41) is 10.7. The highest BCUT2D eigenvalue weighted by molar-refractivity contribution is 6.74. The van der Waals surface area contributed by atoms with Crippen LogP contribution in [0.15, 0.2) is 0 Å². The van der Waals surface area contributed by atoms with E-state index in [0.29, 0.717) is 12.8 Å². The number of rotatable bonds is 12. The zero-order chi connectivity index (χ0) is 20.5. The summed E-state index contributed by atoms with van der Waals surface area (Å²) in [5.41, 5.74) is 0. The van der Waals surface area contributed by atoms with Crippen LogP contribution < -0.4 is 0 Å². The van der Waals surface area contributed by atoms with Crippen LogP contribution in [-0.2, 0) is 9.22 Å². The number of carbonyl (C=O) groups is 1. The number of likely N-dealkylation sites (tertiary alicyclic amines) is 1. The minimum atomic E-state index is -1.92. The first-order valence-corrected chi connectivity index (χ1v) is 14.1. The molecule has 1 amide bonds. The van der Waals surface area contributed by atoms with Gasteiger partial charge in [0.05, 0.1) is 6.10 Å². The molecule has 0 saturated carbocycles. The summed E-state index contributed by atoms with van der Waals surface area (Å²) in [4.78, 5) is 14.5. The zero-order valence-corrected chi connectivity index (χ0v) is 19.9. The van der Waals surface area contributed by atoms with Crippen LogP contribution in [0.3, 0.4) is 0 Å². The molecule has 0 aromatic carbocycles. The van der Waals surface area contributed by atoms with Crippen molar-refractivity contribution in [1.82, 2.24) is 4.90 Å². The Hall–Kier alpha value is -0.393. The maximum Gasteiger partial charge on any atom is 0.222 e. The molecule has 1 heterocycles. The first kappa shape index (κ1) is 24.6. The van der Waals surface area contributed by atoms with Crippen molar-refractivity contribution in [3.63, 3.8) is 0 Å². The van der Waals surface area contributed by atoms with E-state index < -0.39 is 8.32 Å². The Morgan fingerprint density at radius 2 is 1.74 bits per heavy atom. The smallest absolute Gasteiger partial charge is 0.222 e. The first-order valence-electron chi connectivity index (χ1n) is 11.2. The van der Waals surface area contributed by atoms with E-state index in [1.54, 1.807) is 0 Å². The largest absolute Gasteiger partial charge is 0.414 e. The standard InChI is InChI=1S/C22H45NO3Si/c1-7-8-9-10-13-19(24)18-20(26-27(5,6)22(2,3)4)14-15-21(25)23-16-11-12-17-23/h19-20,24H,7-18H2,1-6H3/t19-,20+/m1/s1. The van der Waals surface area contributed by atoms with E-state index in [1.807, 2.05) is 4.90 Å². The lowest BCUT2D eigenvalue weighted by molar-refractivity contribution is -0.130. The molecule has 0 unspecified atom stereocenters. The Morgan fingerprint density at radius 1 is 1.11 bits per heavy atom. The molecule has 1 N–H and O–H groups in total. The molecule has 0 aromatic rings. The van der Waals surface area contributed by atoms with E-state index in [-0.39, 0.29) is 23.2 Å². The molecule has 27 heavy (non-hydrogen) atoms. The van der Waals surface area contributed by atoms with Crippen LogP contribution >= 0.6 is 0 Å². The fourth-order valence-corrected chi connectivity index (χ4v) is 4.86. The van der Waals surface area contributed by atoms with Crippen LogP contribution in [-0.4, -0.2) is 49.5 Å². The second-order valence-electron chi connectivity index (χ2n) is 9.87. The lowest BCUT2D eigenvalue weighted by atomic mass is 10.0. The molecule has 0 radical (unpaired) electrons. The third kappa shape index (κ3) is 9.10. The van der Waals surface area contributed by atoms with Crippen LogP contribution in [0.1, 0.15) is 91.9 Å². The van der Waals surface area contributed by atoms with E-state index in [4.69, 9.17) is 4.43 Å². The maximum absolute atomic E-state index is 12.5. The topological polar surface area (TPSA) is 49.8 Å². The fraction of sp³-hybridized carbons (Fsp3) is 0.955. The second kappa shape index (κ2) is 11.6. The van der Waals surface area contributed by atoms with Gasteiger partial charge in [-0.2, -0.15) is 0 Å². The van der Waals surface area contributed by atoms with Crippen molar-refractivity contribution in [3.05, 3.63) is 0 Å². The van der Waals surface area contributed by atoms with Crippen molar-refractivity contribution in [2.24, 2.45) is 0 Å². The van der Waals surface area contributed by atoms with E-state index in [9.17, 15) is 9.90 Å². The Kier molecular flexibility index (Phi) is 10.6. The summed E-state index contributed by atoms with van der Waals surface area (Å²) in [5.74, 6) is 0.258. The zero-order valence-electron chi connectivity index (χ0n) is 18.9. The summed E-state index contributed by atoms with van der Waals surface area (Å²) in [6, 6.07) is 0. The predicted molar refractivity (Wildman–Crippen MR) is 117 cm³/mol. The Bertz CT molecular complexity index is 428. The van der Waals surface area contributed by atoms with Gasteiger partial charge in [-0.25, -0.2) is 0 Å². The van der Waals surface area contributed by atoms with Gasteiger partial charge in [0.25, 0.3) is 0 Å². The van der Waals surface area contributed by atoms with Gasteiger partial charge in [-0.05, 0) is 50.2 Å². The molecule has 1 aliphatic heterocycles. The normalized spacial score (nSPS) is 18.0. The summed E-state index contributed by atoms with van der Waals surface area (Å²) >= 11 is 0. The van der Waals surface area contributed by atoms with Crippen molar-refractivity contribution in [1.29, 1.82) is 0 Å². The monoisotopic (exact) mass is 399 g/mol. The molecular formula is C22H45NO3Si. The first-order chi connectivity index (χ1) is 12.6. The van der Waals surface area contributed by atoms with Gasteiger partial charge >= 0.3 is 0 Å². The minimum Gasteiger partial charge on any atom is -0.414 e. The van der Waals surface area contributed by atoms with Gasteiger partial charge in [-0.3, -0.25) is 4.79 Å². The number of carbonyl (C=O) groups excluding carboxylic acids is 1. The molecule has 5 heteroatoms. The molecule has 1 saturated heterocycles. The highest BCUT2D eigenvalue weighted by atomic mass is 28.4. The number of aliphatic hydroxyl groups excluding tert-OH is 1. The van der Waals surface area contributed by atoms with Crippen molar-refractivity contribution in [2.45, 2.75) is 122 Å². The molecule has 1 fully saturated rings. The molecule has 160 valence electrons. The number of hydrogen-bond donors (Lipinski definition) is 1. The third-order valence-corrected chi connectivity index (χ3v) is 10.9. The number of hydrogen-bond acceptors (Lipinski definition) is 3. The van der Waals surface area contributed by atoms with E-state index in [2.05, 4.69) is 40.8 Å². The third-order valence-electron chi connectivity index (χ3n) is 6.33. The van der Waals surface area contributed by atoms with Gasteiger partial charge in [0.1, 0.15) is 0 Å². The van der Waals surface area contributed by atoms with Gasteiger partial charge in [0.15, 0.2) is 8.32 Å². The highest BCUT2D eigenvalue weighted by Gasteiger charge is 2.39. The SMILES string of the molecule is CCCCCC[C@@H](O)C[C@H](CCC(=O)N1CCCC1)O[Si](C)(C)C(C)(C)C. The van der Waals surface area contributed by atoms with Gasteiger partial charge in [0.2, 0.25) is 5.91 Å². The summed E-state index contributed by atoms with van der Waals surface area (Å²) in [6.45, 7) is 15.3. The van der Waals surface area contributed by atoms with E-state index in [0.717, 1.165) is 45.2 Å². The number of amides is 1. The molecule has 2 atom stereocenters. The van der Waals surface area contributed by atoms with Crippen LogP contribution in [0.25, 0.3) is 0 Å². The van der Waals surface area contributed by atoms with Crippen LogP contribution in [0.2, 0.25) is 18.1 Å². The average Bonchev–Trinajstić information content (AvgIpc) is 3.09. The molecular weight excluding hydrogens is 354 g/mol.